The molecule has 0 radical (unpaired) electrons. The van der Waals surface area contributed by atoms with E-state index in [9.17, 15) is 5.11 Å². The van der Waals surface area contributed by atoms with Crippen molar-refractivity contribution in [2.24, 2.45) is 0 Å². The Morgan fingerprint density at radius 1 is 1.67 bits per heavy atom. The molecule has 1 rings (SSSR count). The second-order valence-electron chi connectivity index (χ2n) is 2.71. The minimum absolute atomic E-state index is 0.247. The van der Waals surface area contributed by atoms with Gasteiger partial charge in [0, 0.05) is 0 Å². The number of hydrogen-bond acceptors (Lipinski definition) is 3. The normalized spacial score (nSPS) is 13.2. The molecule has 0 aliphatic rings. The van der Waals surface area contributed by atoms with Gasteiger partial charge in [0.2, 0.25) is 0 Å². The Morgan fingerprint density at radius 3 is 3.08 bits per heavy atom. The van der Waals surface area contributed by atoms with E-state index in [-0.39, 0.29) is 6.10 Å². The number of aliphatic hydroxyl groups excluding tert-OH is 1. The molecule has 68 valence electrons. The molecule has 0 bridgehead atoms. The maximum absolute atomic E-state index is 9.63. The van der Waals surface area contributed by atoms with Crippen molar-refractivity contribution in [3.05, 3.63) is 22.4 Å². The molecule has 1 heterocycles. The second-order valence-corrected chi connectivity index (χ2v) is 4.47. The number of thioether (sulfide) groups is 1. The van der Waals surface area contributed by atoms with Gasteiger partial charge in [-0.25, -0.2) is 0 Å². The molecule has 0 fully saturated rings. The molecule has 0 aromatic carbocycles. The van der Waals surface area contributed by atoms with Crippen LogP contribution in [0.2, 0.25) is 0 Å². The van der Waals surface area contributed by atoms with Gasteiger partial charge in [0.05, 0.1) is 6.10 Å². The summed E-state index contributed by atoms with van der Waals surface area (Å²) in [5, 5.41) is 13.7. The highest BCUT2D eigenvalue weighted by molar-refractivity contribution is 7.98. The van der Waals surface area contributed by atoms with Gasteiger partial charge in [-0.2, -0.15) is 23.1 Å². The molecule has 12 heavy (non-hydrogen) atoms. The lowest BCUT2D eigenvalue weighted by atomic mass is 10.1. The van der Waals surface area contributed by atoms with Crippen molar-refractivity contribution in [2.45, 2.75) is 18.9 Å². The first kappa shape index (κ1) is 10.1. The predicted octanol–water partition coefficient (Wildman–Crippen LogP) is 2.92. The van der Waals surface area contributed by atoms with E-state index in [1.165, 1.54) is 0 Å². The molecule has 1 nitrogen and oxygen atoms in total. The summed E-state index contributed by atoms with van der Waals surface area (Å²) >= 11 is 3.47. The van der Waals surface area contributed by atoms with Gasteiger partial charge in [0.25, 0.3) is 0 Å². The van der Waals surface area contributed by atoms with Crippen molar-refractivity contribution in [2.75, 3.05) is 12.0 Å². The Morgan fingerprint density at radius 2 is 2.50 bits per heavy atom. The molecule has 1 atom stereocenters. The van der Waals surface area contributed by atoms with E-state index in [4.69, 9.17) is 0 Å². The number of hydrogen-bond donors (Lipinski definition) is 1. The topological polar surface area (TPSA) is 20.2 Å². The molecule has 0 aliphatic carbocycles. The molecule has 0 saturated carbocycles. The van der Waals surface area contributed by atoms with Crippen LogP contribution in [0.4, 0.5) is 0 Å². The van der Waals surface area contributed by atoms with Gasteiger partial charge in [0.15, 0.2) is 0 Å². The van der Waals surface area contributed by atoms with Crippen LogP contribution in [0.25, 0.3) is 0 Å². The SMILES string of the molecule is CSCCCC(O)c1ccsc1. The van der Waals surface area contributed by atoms with Crippen LogP contribution >= 0.6 is 23.1 Å². The Balaban J connectivity index is 2.25. The quantitative estimate of drug-likeness (QED) is 0.741. The zero-order valence-electron chi connectivity index (χ0n) is 7.19. The fourth-order valence-corrected chi connectivity index (χ4v) is 2.21. The number of aliphatic hydroxyl groups is 1. The third-order valence-electron chi connectivity index (χ3n) is 1.75. The van der Waals surface area contributed by atoms with E-state index < -0.39 is 0 Å². The standard InChI is InChI=1S/C9H14OS2/c1-11-5-2-3-9(10)8-4-6-12-7-8/h4,6-7,9-10H,2-3,5H2,1H3. The smallest absolute Gasteiger partial charge is 0.0798 e. The fraction of sp³-hybridized carbons (Fsp3) is 0.556. The van der Waals surface area contributed by atoms with E-state index in [1.807, 2.05) is 28.6 Å². The van der Waals surface area contributed by atoms with Crippen molar-refractivity contribution in [1.82, 2.24) is 0 Å². The highest BCUT2D eigenvalue weighted by atomic mass is 32.2. The first-order valence-electron chi connectivity index (χ1n) is 4.03. The van der Waals surface area contributed by atoms with Crippen molar-refractivity contribution in [1.29, 1.82) is 0 Å². The van der Waals surface area contributed by atoms with Gasteiger partial charge in [-0.15, -0.1) is 0 Å². The van der Waals surface area contributed by atoms with Crippen LogP contribution in [-0.4, -0.2) is 17.1 Å². The van der Waals surface area contributed by atoms with Gasteiger partial charge in [0.1, 0.15) is 0 Å². The van der Waals surface area contributed by atoms with Gasteiger partial charge in [-0.3, -0.25) is 0 Å². The molecule has 3 heteroatoms. The van der Waals surface area contributed by atoms with Crippen LogP contribution in [0.3, 0.4) is 0 Å². The average molecular weight is 202 g/mol. The summed E-state index contributed by atoms with van der Waals surface area (Å²) in [5.74, 6) is 1.14. The van der Waals surface area contributed by atoms with E-state index in [0.717, 1.165) is 24.2 Å². The molecule has 0 saturated heterocycles. The summed E-state index contributed by atoms with van der Waals surface area (Å²) in [6.07, 6.45) is 3.83. The van der Waals surface area contributed by atoms with Gasteiger partial charge < -0.3 is 5.11 Å². The molecule has 0 spiro atoms. The van der Waals surface area contributed by atoms with E-state index in [1.54, 1.807) is 11.3 Å². The molecular weight excluding hydrogens is 188 g/mol. The fourth-order valence-electron chi connectivity index (χ4n) is 1.05. The molecule has 1 unspecified atom stereocenters. The maximum Gasteiger partial charge on any atom is 0.0798 e. The zero-order valence-corrected chi connectivity index (χ0v) is 8.83. The molecule has 1 N–H and O–H groups in total. The minimum Gasteiger partial charge on any atom is -0.388 e. The van der Waals surface area contributed by atoms with Crippen LogP contribution in [-0.2, 0) is 0 Å². The Hall–Kier alpha value is 0.01000. The van der Waals surface area contributed by atoms with E-state index in [2.05, 4.69) is 6.26 Å². The van der Waals surface area contributed by atoms with Gasteiger partial charge in [-0.1, -0.05) is 0 Å². The minimum atomic E-state index is -0.247. The van der Waals surface area contributed by atoms with E-state index >= 15 is 0 Å². The molecule has 0 amide bonds. The Bertz CT molecular complexity index is 196. The molecule has 0 aliphatic heterocycles. The summed E-state index contributed by atoms with van der Waals surface area (Å²) in [7, 11) is 0. The largest absolute Gasteiger partial charge is 0.388 e. The predicted molar refractivity (Wildman–Crippen MR) is 56.9 cm³/mol. The number of thiophene rings is 1. The lowest BCUT2D eigenvalue weighted by Gasteiger charge is -2.06. The third-order valence-corrected chi connectivity index (χ3v) is 3.15. The highest BCUT2D eigenvalue weighted by Gasteiger charge is 2.06. The zero-order chi connectivity index (χ0) is 8.81. The Labute approximate surface area is 81.8 Å². The van der Waals surface area contributed by atoms with Crippen LogP contribution in [0.1, 0.15) is 24.5 Å². The summed E-state index contributed by atoms with van der Waals surface area (Å²) in [5.41, 5.74) is 1.07. The lowest BCUT2D eigenvalue weighted by Crippen LogP contribution is -1.95. The first-order valence-corrected chi connectivity index (χ1v) is 6.37. The highest BCUT2D eigenvalue weighted by Crippen LogP contribution is 2.21. The van der Waals surface area contributed by atoms with Crippen LogP contribution in [0.5, 0.6) is 0 Å². The van der Waals surface area contributed by atoms with Crippen LogP contribution in [0.15, 0.2) is 16.8 Å². The van der Waals surface area contributed by atoms with Crippen LogP contribution in [0, 0.1) is 0 Å². The Kier molecular flexibility index (Phi) is 4.73. The summed E-state index contributed by atoms with van der Waals surface area (Å²) < 4.78 is 0. The third kappa shape index (κ3) is 3.17. The van der Waals surface area contributed by atoms with Crippen molar-refractivity contribution < 1.29 is 5.11 Å². The number of rotatable bonds is 5. The van der Waals surface area contributed by atoms with Gasteiger partial charge >= 0.3 is 0 Å². The van der Waals surface area contributed by atoms with E-state index in [0.29, 0.717) is 0 Å². The van der Waals surface area contributed by atoms with Crippen LogP contribution < -0.4 is 0 Å². The first-order chi connectivity index (χ1) is 5.84. The van der Waals surface area contributed by atoms with Crippen molar-refractivity contribution in [3.8, 4) is 0 Å². The summed E-state index contributed by atoms with van der Waals surface area (Å²) in [4.78, 5) is 0. The summed E-state index contributed by atoms with van der Waals surface area (Å²) in [6, 6.07) is 1.99. The summed E-state index contributed by atoms with van der Waals surface area (Å²) in [6.45, 7) is 0. The monoisotopic (exact) mass is 202 g/mol. The average Bonchev–Trinajstić information content (AvgIpc) is 2.56. The maximum atomic E-state index is 9.63. The molecule has 1 aromatic heterocycles. The van der Waals surface area contributed by atoms with Gasteiger partial charge in [-0.05, 0) is 47.2 Å². The second kappa shape index (κ2) is 5.62. The molecule has 1 aromatic rings. The molecular formula is C9H14OS2. The van der Waals surface area contributed by atoms with Crippen molar-refractivity contribution in [3.63, 3.8) is 0 Å². The van der Waals surface area contributed by atoms with Crippen molar-refractivity contribution >= 4 is 23.1 Å². The lowest BCUT2D eigenvalue weighted by molar-refractivity contribution is 0.167.